The molecule has 6 heteroatoms. The molecule has 0 fully saturated rings. The second-order valence-electron chi connectivity index (χ2n) is 16.0. The molecule has 63 heavy (non-hydrogen) atoms. The molecule has 0 amide bonds. The molecule has 0 aliphatic carbocycles. The van der Waals surface area contributed by atoms with Crippen LogP contribution in [0.4, 0.5) is 0 Å². The molecule has 294 valence electrons. The van der Waals surface area contributed by atoms with Gasteiger partial charge in [0.05, 0.1) is 22.1 Å². The first-order valence-corrected chi connectivity index (χ1v) is 22.0. The van der Waals surface area contributed by atoms with Gasteiger partial charge in [-0.3, -0.25) is 0 Å². The van der Waals surface area contributed by atoms with E-state index >= 15 is 0 Å². The minimum Gasteiger partial charge on any atom is -0.307 e. The van der Waals surface area contributed by atoms with Gasteiger partial charge in [-0.15, -0.1) is 11.3 Å². The van der Waals surface area contributed by atoms with Crippen LogP contribution in [-0.2, 0) is 0 Å². The van der Waals surface area contributed by atoms with Crippen LogP contribution in [-0.4, -0.2) is 24.1 Å². The number of rotatable bonds is 6. The molecule has 0 saturated carbocycles. The highest BCUT2D eigenvalue weighted by Gasteiger charge is 2.22. The molecule has 0 saturated heterocycles. The van der Waals surface area contributed by atoms with Crippen molar-refractivity contribution in [3.8, 4) is 56.7 Å². The van der Waals surface area contributed by atoms with Gasteiger partial charge in [0.2, 0.25) is 0 Å². The fourth-order valence-corrected chi connectivity index (χ4v) is 10.6. The maximum absolute atomic E-state index is 5.01. The number of benzene rings is 9. The molecule has 5 nitrogen and oxygen atoms in total. The predicted molar refractivity (Wildman–Crippen MR) is 263 cm³/mol. The van der Waals surface area contributed by atoms with E-state index in [0.29, 0.717) is 17.5 Å². The third-order valence-corrected chi connectivity index (χ3v) is 13.5. The van der Waals surface area contributed by atoms with E-state index < -0.39 is 0 Å². The van der Waals surface area contributed by atoms with Crippen LogP contribution < -0.4 is 0 Å². The Balaban J connectivity index is 0.974. The van der Waals surface area contributed by atoms with Gasteiger partial charge in [0.1, 0.15) is 0 Å². The molecule has 0 spiro atoms. The lowest BCUT2D eigenvalue weighted by Crippen LogP contribution is -2.00. The SMILES string of the molecule is c1ccc(-c2nc(-c3ccccc3)nc(-c3cccc(-c4ccc(-n5c6ccccc6c6ccc7c8ccccc8n(-c8ccc9sc%10ccccc%10c9c8)c7c65)cc4)c3)n2)cc1. The zero-order valence-corrected chi connectivity index (χ0v) is 34.7. The van der Waals surface area contributed by atoms with E-state index in [1.807, 2.05) is 72.0 Å². The molecule has 0 bridgehead atoms. The summed E-state index contributed by atoms with van der Waals surface area (Å²) in [6.45, 7) is 0. The summed E-state index contributed by atoms with van der Waals surface area (Å²) in [4.78, 5) is 14.9. The Morgan fingerprint density at radius 1 is 0.286 bits per heavy atom. The van der Waals surface area contributed by atoms with Crippen LogP contribution in [0.15, 0.2) is 212 Å². The summed E-state index contributed by atoms with van der Waals surface area (Å²) in [6.07, 6.45) is 0. The Hall–Kier alpha value is -8.19. The number of hydrogen-bond donors (Lipinski definition) is 0. The van der Waals surface area contributed by atoms with E-state index in [2.05, 4.69) is 161 Å². The molecule has 0 aliphatic heterocycles. The van der Waals surface area contributed by atoms with Crippen molar-refractivity contribution in [1.29, 1.82) is 0 Å². The third kappa shape index (κ3) is 5.73. The van der Waals surface area contributed by atoms with Gasteiger partial charge >= 0.3 is 0 Å². The van der Waals surface area contributed by atoms with Crippen LogP contribution in [0.25, 0.3) is 120 Å². The molecule has 0 atom stereocenters. The minimum atomic E-state index is 0.636. The van der Waals surface area contributed by atoms with Gasteiger partial charge < -0.3 is 9.13 Å². The minimum absolute atomic E-state index is 0.636. The van der Waals surface area contributed by atoms with E-state index in [4.69, 9.17) is 15.0 Å². The second-order valence-corrected chi connectivity index (χ2v) is 17.1. The molecule has 4 heterocycles. The molecule has 0 aliphatic rings. The van der Waals surface area contributed by atoms with E-state index in [1.54, 1.807) is 0 Å². The largest absolute Gasteiger partial charge is 0.307 e. The lowest BCUT2D eigenvalue weighted by atomic mass is 10.0. The standard InChI is InChI=1S/C57H35N5S/c1-3-14-37(15-4-1)55-58-56(38-16-5-2-6-17-38)60-57(59-55)40-19-13-18-39(34-40)36-26-28-41(29-27-36)61-49-23-10-7-20-43(49)46-31-32-47-44-21-8-11-24-50(44)62(54(47)53(46)61)42-30-33-52-48(35-42)45-22-9-12-25-51(45)63-52/h1-35H. The summed E-state index contributed by atoms with van der Waals surface area (Å²) in [5.74, 6) is 1.93. The van der Waals surface area contributed by atoms with Crippen LogP contribution >= 0.6 is 11.3 Å². The van der Waals surface area contributed by atoms with Crippen molar-refractivity contribution in [2.75, 3.05) is 0 Å². The highest BCUT2D eigenvalue weighted by Crippen LogP contribution is 2.43. The van der Waals surface area contributed by atoms with Crippen molar-refractivity contribution in [2.45, 2.75) is 0 Å². The molecule has 13 rings (SSSR count). The second kappa shape index (κ2) is 14.2. The van der Waals surface area contributed by atoms with Gasteiger partial charge in [-0.05, 0) is 65.7 Å². The molecule has 0 radical (unpaired) electrons. The summed E-state index contributed by atoms with van der Waals surface area (Å²) in [6, 6.07) is 75.7. The van der Waals surface area contributed by atoms with Gasteiger partial charge in [0.25, 0.3) is 0 Å². The summed E-state index contributed by atoms with van der Waals surface area (Å²) in [5.41, 5.74) is 12.0. The fourth-order valence-electron chi connectivity index (χ4n) is 9.47. The number of aromatic nitrogens is 5. The van der Waals surface area contributed by atoms with Gasteiger partial charge in [-0.2, -0.15) is 0 Å². The lowest BCUT2D eigenvalue weighted by molar-refractivity contribution is 1.07. The smallest absolute Gasteiger partial charge is 0.164 e. The van der Waals surface area contributed by atoms with Crippen molar-refractivity contribution >= 4 is 75.1 Å². The zero-order chi connectivity index (χ0) is 41.4. The van der Waals surface area contributed by atoms with Crippen LogP contribution in [0.2, 0.25) is 0 Å². The maximum atomic E-state index is 5.01. The average Bonchev–Trinajstić information content (AvgIpc) is 4.02. The zero-order valence-electron chi connectivity index (χ0n) is 33.9. The molecule has 4 aromatic heterocycles. The quantitative estimate of drug-likeness (QED) is 0.168. The first-order valence-electron chi connectivity index (χ1n) is 21.2. The Bertz CT molecular complexity index is 3840. The van der Waals surface area contributed by atoms with Crippen molar-refractivity contribution < 1.29 is 0 Å². The topological polar surface area (TPSA) is 48.5 Å². The molecule has 0 unspecified atom stereocenters. The Morgan fingerprint density at radius 2 is 0.762 bits per heavy atom. The van der Waals surface area contributed by atoms with E-state index in [1.165, 1.54) is 63.8 Å². The highest BCUT2D eigenvalue weighted by molar-refractivity contribution is 7.25. The number of para-hydroxylation sites is 2. The summed E-state index contributed by atoms with van der Waals surface area (Å²) < 4.78 is 7.56. The lowest BCUT2D eigenvalue weighted by Gasteiger charge is -2.13. The third-order valence-electron chi connectivity index (χ3n) is 12.4. The first-order chi connectivity index (χ1) is 31.2. The number of nitrogens with zero attached hydrogens (tertiary/aromatic N) is 5. The van der Waals surface area contributed by atoms with Gasteiger partial charge in [0.15, 0.2) is 17.5 Å². The van der Waals surface area contributed by atoms with Crippen molar-refractivity contribution in [3.63, 3.8) is 0 Å². The van der Waals surface area contributed by atoms with Crippen molar-refractivity contribution in [3.05, 3.63) is 212 Å². The van der Waals surface area contributed by atoms with E-state index in [-0.39, 0.29) is 0 Å². The van der Waals surface area contributed by atoms with Crippen LogP contribution in [0.1, 0.15) is 0 Å². The van der Waals surface area contributed by atoms with Crippen LogP contribution in [0.5, 0.6) is 0 Å². The van der Waals surface area contributed by atoms with Gasteiger partial charge in [-0.1, -0.05) is 158 Å². The Kier molecular flexibility index (Phi) is 8.01. The molecular formula is C57H35N5S. The molecular weight excluding hydrogens is 787 g/mol. The summed E-state index contributed by atoms with van der Waals surface area (Å²) >= 11 is 1.86. The van der Waals surface area contributed by atoms with Crippen LogP contribution in [0.3, 0.4) is 0 Å². The van der Waals surface area contributed by atoms with Gasteiger partial charge in [-0.25, -0.2) is 15.0 Å². The van der Waals surface area contributed by atoms with Crippen molar-refractivity contribution in [1.82, 2.24) is 24.1 Å². The summed E-state index contributed by atoms with van der Waals surface area (Å²) in [5, 5.41) is 7.51. The first kappa shape index (κ1) is 35.6. The molecule has 13 aromatic rings. The predicted octanol–water partition coefficient (Wildman–Crippen LogP) is 15.1. The maximum Gasteiger partial charge on any atom is 0.164 e. The fraction of sp³-hybridized carbons (Fsp3) is 0. The monoisotopic (exact) mass is 821 g/mol. The van der Waals surface area contributed by atoms with Crippen LogP contribution in [0, 0.1) is 0 Å². The number of fused-ring (bicyclic) bond motifs is 10. The molecule has 9 aromatic carbocycles. The van der Waals surface area contributed by atoms with Crippen molar-refractivity contribution in [2.24, 2.45) is 0 Å². The summed E-state index contributed by atoms with van der Waals surface area (Å²) in [7, 11) is 0. The van der Waals surface area contributed by atoms with E-state index in [0.717, 1.165) is 39.2 Å². The normalized spacial score (nSPS) is 11.8. The average molecular weight is 822 g/mol. The van der Waals surface area contributed by atoms with Gasteiger partial charge in [0, 0.05) is 69.8 Å². The Morgan fingerprint density at radius 3 is 1.40 bits per heavy atom. The highest BCUT2D eigenvalue weighted by atomic mass is 32.1. The number of thiophene rings is 1. The molecule has 0 N–H and O–H groups in total. The van der Waals surface area contributed by atoms with E-state index in [9.17, 15) is 0 Å². The Labute approximate surface area is 366 Å². The number of hydrogen-bond acceptors (Lipinski definition) is 4.